The van der Waals surface area contributed by atoms with Crippen molar-refractivity contribution in [1.29, 1.82) is 0 Å². The molecule has 3 aromatic carbocycles. The molecule has 4 aromatic rings. The number of nitrogens with zero attached hydrogens (tertiary/aromatic N) is 2. The summed E-state index contributed by atoms with van der Waals surface area (Å²) in [7, 11) is 1.51. The second kappa shape index (κ2) is 11.6. The monoisotopic (exact) mass is 596 g/mol. The first-order valence-electron chi connectivity index (χ1n) is 14.2. The summed E-state index contributed by atoms with van der Waals surface area (Å²) in [6.07, 6.45) is 2.42. The van der Waals surface area contributed by atoms with Crippen molar-refractivity contribution < 1.29 is 28.7 Å². The molecule has 218 valence electrons. The first-order chi connectivity index (χ1) is 20.7. The maximum Gasteiger partial charge on any atom is 0.339 e. The molecule has 3 atom stereocenters. The zero-order valence-corrected chi connectivity index (χ0v) is 24.5. The summed E-state index contributed by atoms with van der Waals surface area (Å²) in [5, 5.41) is 0.902. The molecule has 2 heterocycles. The van der Waals surface area contributed by atoms with Crippen LogP contribution in [0, 0.1) is 17.8 Å². The number of hydrogen-bond acceptors (Lipinski definition) is 7. The van der Waals surface area contributed by atoms with Crippen molar-refractivity contribution in [2.75, 3.05) is 18.6 Å². The zero-order chi connectivity index (χ0) is 30.2. The number of fused-ring (bicyclic) bond motifs is 2. The van der Waals surface area contributed by atoms with Crippen molar-refractivity contribution in [2.24, 2.45) is 17.8 Å². The number of aromatic nitrogens is 1. The molecule has 0 spiro atoms. The van der Waals surface area contributed by atoms with E-state index in [0.29, 0.717) is 50.1 Å². The van der Waals surface area contributed by atoms with Crippen LogP contribution in [-0.2, 0) is 14.3 Å². The quantitative estimate of drug-likeness (QED) is 0.136. The molecule has 43 heavy (non-hydrogen) atoms. The molecule has 2 fully saturated rings. The summed E-state index contributed by atoms with van der Waals surface area (Å²) >= 11 is 6.24. The molecule has 1 aliphatic heterocycles. The van der Waals surface area contributed by atoms with Crippen LogP contribution in [0.4, 0.5) is 5.69 Å². The highest BCUT2D eigenvalue weighted by Crippen LogP contribution is 2.42. The minimum absolute atomic E-state index is 0.135. The molecule has 0 radical (unpaired) electrons. The number of imide groups is 1. The Morgan fingerprint density at radius 3 is 2.49 bits per heavy atom. The lowest BCUT2D eigenvalue weighted by molar-refractivity contribution is -0.122. The van der Waals surface area contributed by atoms with E-state index in [0.717, 1.165) is 19.3 Å². The number of Topliss-reactive ketones (excluding diaryl/α,β-unsaturated/α-hetero) is 1. The SMILES string of the molecule is COc1cccc(C(=O)COC(=O)c2cc(-c3ccc(N4C(=O)C5CCC(C)CC5C4=O)cc3)nc3ccc(Cl)cc23)c1. The maximum absolute atomic E-state index is 13.3. The van der Waals surface area contributed by atoms with Gasteiger partial charge in [-0.2, -0.15) is 0 Å². The summed E-state index contributed by atoms with van der Waals surface area (Å²) in [4.78, 5) is 58.4. The van der Waals surface area contributed by atoms with Crippen LogP contribution >= 0.6 is 11.6 Å². The Balaban J connectivity index is 1.27. The van der Waals surface area contributed by atoms with Gasteiger partial charge in [-0.25, -0.2) is 9.78 Å². The molecule has 2 amide bonds. The third-order valence-electron chi connectivity index (χ3n) is 8.33. The molecule has 6 rings (SSSR count). The van der Waals surface area contributed by atoms with Gasteiger partial charge in [-0.1, -0.05) is 42.8 Å². The van der Waals surface area contributed by atoms with E-state index in [1.165, 1.54) is 12.0 Å². The van der Waals surface area contributed by atoms with E-state index in [-0.39, 0.29) is 35.0 Å². The summed E-state index contributed by atoms with van der Waals surface area (Å²) in [5.74, 6) is -0.902. The number of halogens is 1. The van der Waals surface area contributed by atoms with Gasteiger partial charge in [0.05, 0.1) is 41.4 Å². The van der Waals surface area contributed by atoms with Crippen LogP contribution in [0.5, 0.6) is 5.75 Å². The maximum atomic E-state index is 13.3. The molecule has 2 aliphatic rings. The zero-order valence-electron chi connectivity index (χ0n) is 23.7. The highest BCUT2D eigenvalue weighted by Gasteiger charge is 2.49. The van der Waals surface area contributed by atoms with E-state index in [4.69, 9.17) is 26.1 Å². The van der Waals surface area contributed by atoms with Crippen molar-refractivity contribution in [2.45, 2.75) is 26.2 Å². The number of rotatable bonds is 7. The Morgan fingerprint density at radius 2 is 1.72 bits per heavy atom. The Labute approximate surface area is 253 Å². The average Bonchev–Trinajstić information content (AvgIpc) is 3.27. The minimum Gasteiger partial charge on any atom is -0.497 e. The van der Waals surface area contributed by atoms with Crippen molar-refractivity contribution in [3.05, 3.63) is 88.9 Å². The van der Waals surface area contributed by atoms with Crippen LogP contribution in [0.25, 0.3) is 22.2 Å². The standard InChI is InChI=1S/C34H29ClN2O6/c1-19-6-12-25-27(14-19)33(40)37(32(25)39)23-10-7-20(8-11-23)30-17-28(26-16-22(35)9-13-29(26)36-30)34(41)43-18-31(38)21-4-3-5-24(15-21)42-2/h3-5,7-11,13,15-17,19,25,27H,6,12,14,18H2,1-2H3. The molecule has 8 nitrogen and oxygen atoms in total. The largest absolute Gasteiger partial charge is 0.497 e. The van der Waals surface area contributed by atoms with E-state index >= 15 is 0 Å². The smallest absolute Gasteiger partial charge is 0.339 e. The topological polar surface area (TPSA) is 103 Å². The van der Waals surface area contributed by atoms with Crippen molar-refractivity contribution >= 4 is 51.8 Å². The molecule has 1 aliphatic carbocycles. The number of methoxy groups -OCH3 is 1. The summed E-state index contributed by atoms with van der Waals surface area (Å²) in [6.45, 7) is 1.66. The molecule has 0 N–H and O–H groups in total. The number of ether oxygens (including phenoxy) is 2. The molecular formula is C34H29ClN2O6. The van der Waals surface area contributed by atoms with Crippen LogP contribution in [0.15, 0.2) is 72.8 Å². The highest BCUT2D eigenvalue weighted by molar-refractivity contribution is 6.31. The van der Waals surface area contributed by atoms with Crippen LogP contribution in [-0.4, -0.2) is 42.3 Å². The van der Waals surface area contributed by atoms with Gasteiger partial charge >= 0.3 is 5.97 Å². The first-order valence-corrected chi connectivity index (χ1v) is 14.5. The predicted octanol–water partition coefficient (Wildman–Crippen LogP) is 6.53. The second-order valence-corrected chi connectivity index (χ2v) is 11.6. The Bertz CT molecular complexity index is 1770. The van der Waals surface area contributed by atoms with Gasteiger partial charge in [-0.05, 0) is 73.7 Å². The third-order valence-corrected chi connectivity index (χ3v) is 8.56. The number of amides is 2. The fraction of sp³-hybridized carbons (Fsp3) is 0.265. The van der Waals surface area contributed by atoms with Crippen LogP contribution in [0.2, 0.25) is 5.02 Å². The third kappa shape index (κ3) is 5.50. The Morgan fingerprint density at radius 1 is 0.953 bits per heavy atom. The van der Waals surface area contributed by atoms with Gasteiger partial charge in [-0.15, -0.1) is 0 Å². The molecule has 3 unspecified atom stereocenters. The molecule has 1 saturated carbocycles. The lowest BCUT2D eigenvalue weighted by Gasteiger charge is -2.25. The number of anilines is 1. The average molecular weight is 597 g/mol. The van der Waals surface area contributed by atoms with E-state index in [1.807, 2.05) is 0 Å². The summed E-state index contributed by atoms with van der Waals surface area (Å²) < 4.78 is 10.6. The Hall–Kier alpha value is -4.56. The molecule has 1 saturated heterocycles. The number of carbonyl (C=O) groups excluding carboxylic acids is 4. The van der Waals surface area contributed by atoms with E-state index in [2.05, 4.69) is 6.92 Å². The van der Waals surface area contributed by atoms with Crippen LogP contribution < -0.4 is 9.64 Å². The number of esters is 1. The van der Waals surface area contributed by atoms with Gasteiger partial charge in [0.1, 0.15) is 5.75 Å². The second-order valence-electron chi connectivity index (χ2n) is 11.1. The molecule has 1 aromatic heterocycles. The molecule has 9 heteroatoms. The molecular weight excluding hydrogens is 568 g/mol. The number of hydrogen-bond donors (Lipinski definition) is 0. The van der Waals surface area contributed by atoms with Gasteiger partial charge in [0, 0.05) is 21.5 Å². The first kappa shape index (κ1) is 28.6. The van der Waals surface area contributed by atoms with Crippen LogP contribution in [0.3, 0.4) is 0 Å². The summed E-state index contributed by atoms with van der Waals surface area (Å²) in [6, 6.07) is 20.2. The number of benzene rings is 3. The number of ketones is 1. The Kier molecular flexibility index (Phi) is 7.71. The van der Waals surface area contributed by atoms with E-state index < -0.39 is 12.6 Å². The summed E-state index contributed by atoms with van der Waals surface area (Å²) in [5.41, 5.74) is 2.75. The lowest BCUT2D eigenvalue weighted by atomic mass is 9.76. The van der Waals surface area contributed by atoms with Gasteiger partial charge in [0.15, 0.2) is 12.4 Å². The van der Waals surface area contributed by atoms with Gasteiger partial charge in [0.2, 0.25) is 11.8 Å². The van der Waals surface area contributed by atoms with E-state index in [9.17, 15) is 19.2 Å². The van der Waals surface area contributed by atoms with Gasteiger partial charge < -0.3 is 9.47 Å². The van der Waals surface area contributed by atoms with Crippen molar-refractivity contribution in [1.82, 2.24) is 4.98 Å². The van der Waals surface area contributed by atoms with E-state index in [1.54, 1.807) is 72.8 Å². The number of carbonyl (C=O) groups is 4. The van der Waals surface area contributed by atoms with Gasteiger partial charge in [0.25, 0.3) is 0 Å². The normalized spacial score (nSPS) is 19.8. The molecule has 0 bridgehead atoms. The fourth-order valence-corrected chi connectivity index (χ4v) is 6.20. The fourth-order valence-electron chi connectivity index (χ4n) is 6.03. The van der Waals surface area contributed by atoms with Gasteiger partial charge in [-0.3, -0.25) is 19.3 Å². The lowest BCUT2D eigenvalue weighted by Crippen LogP contribution is -2.30. The predicted molar refractivity (Wildman–Crippen MR) is 162 cm³/mol. The highest BCUT2D eigenvalue weighted by atomic mass is 35.5. The number of pyridine rings is 1. The van der Waals surface area contributed by atoms with Crippen molar-refractivity contribution in [3.63, 3.8) is 0 Å². The van der Waals surface area contributed by atoms with Crippen molar-refractivity contribution in [3.8, 4) is 17.0 Å². The van der Waals surface area contributed by atoms with Crippen LogP contribution in [0.1, 0.15) is 46.9 Å². The minimum atomic E-state index is -0.700.